The predicted molar refractivity (Wildman–Crippen MR) is 72.5 cm³/mol. The third-order valence-electron chi connectivity index (χ3n) is 3.21. The Hall–Kier alpha value is -0.300. The highest BCUT2D eigenvalue weighted by Crippen LogP contribution is 2.17. The van der Waals surface area contributed by atoms with Crippen molar-refractivity contribution in [2.45, 2.75) is 72.3 Å². The molecular weight excluding hydrogens is 196 g/mol. The van der Waals surface area contributed by atoms with Gasteiger partial charge in [-0.3, -0.25) is 0 Å². The molecular formula is C15H30O. The fraction of sp³-hybridized carbons (Fsp3) is 0.867. The van der Waals surface area contributed by atoms with Crippen molar-refractivity contribution in [3.8, 4) is 0 Å². The summed E-state index contributed by atoms with van der Waals surface area (Å²) in [5.74, 6) is 1.56. The minimum absolute atomic E-state index is 0.613. The quantitative estimate of drug-likeness (QED) is 0.602. The maximum atomic E-state index is 9.80. The molecule has 0 spiro atoms. The third-order valence-corrected chi connectivity index (χ3v) is 3.21. The molecule has 0 aromatic carbocycles. The lowest BCUT2D eigenvalue weighted by Gasteiger charge is -2.16. The van der Waals surface area contributed by atoms with Gasteiger partial charge in [0.1, 0.15) is 0 Å². The van der Waals surface area contributed by atoms with Crippen LogP contribution in [-0.2, 0) is 0 Å². The molecule has 96 valence electrons. The van der Waals surface area contributed by atoms with Gasteiger partial charge < -0.3 is 5.11 Å². The van der Waals surface area contributed by atoms with E-state index in [0.29, 0.717) is 0 Å². The Morgan fingerprint density at radius 2 is 1.81 bits per heavy atom. The van der Waals surface area contributed by atoms with Gasteiger partial charge in [0.15, 0.2) is 0 Å². The second-order valence-electron chi connectivity index (χ2n) is 5.78. The Morgan fingerprint density at radius 3 is 2.31 bits per heavy atom. The molecule has 0 bridgehead atoms. The third kappa shape index (κ3) is 8.96. The van der Waals surface area contributed by atoms with Gasteiger partial charge in [0.05, 0.1) is 5.60 Å². The molecule has 0 aromatic rings. The predicted octanol–water partition coefficient (Wildman–Crippen LogP) is 4.56. The van der Waals surface area contributed by atoms with E-state index < -0.39 is 5.60 Å². The summed E-state index contributed by atoms with van der Waals surface area (Å²) in [6, 6.07) is 0. The van der Waals surface area contributed by atoms with Crippen LogP contribution in [-0.4, -0.2) is 10.7 Å². The van der Waals surface area contributed by atoms with Gasteiger partial charge in [-0.15, -0.1) is 0 Å². The van der Waals surface area contributed by atoms with E-state index in [-0.39, 0.29) is 0 Å². The summed E-state index contributed by atoms with van der Waals surface area (Å²) in [6.45, 7) is 10.7. The minimum Gasteiger partial charge on any atom is -0.386 e. The fourth-order valence-electron chi connectivity index (χ4n) is 1.66. The van der Waals surface area contributed by atoms with Crippen LogP contribution >= 0.6 is 0 Å². The van der Waals surface area contributed by atoms with Crippen molar-refractivity contribution in [3.05, 3.63) is 12.2 Å². The van der Waals surface area contributed by atoms with Crippen LogP contribution in [0.1, 0.15) is 66.7 Å². The summed E-state index contributed by atoms with van der Waals surface area (Å²) in [6.07, 6.45) is 9.93. The standard InChI is InChI=1S/C15H30O/c1-6-15(5,16)12-8-11-14(4)10-7-9-13(2)3/h8,12-14,16H,6-7,9-11H2,1-5H3/b12-8+. The number of aliphatic hydroxyl groups is 1. The van der Waals surface area contributed by atoms with Gasteiger partial charge in [0, 0.05) is 0 Å². The zero-order valence-electron chi connectivity index (χ0n) is 11.8. The highest BCUT2D eigenvalue weighted by Gasteiger charge is 2.11. The molecule has 0 radical (unpaired) electrons. The molecule has 0 aliphatic heterocycles. The number of hydrogen-bond acceptors (Lipinski definition) is 1. The van der Waals surface area contributed by atoms with Crippen LogP contribution < -0.4 is 0 Å². The van der Waals surface area contributed by atoms with Gasteiger partial charge in [-0.05, 0) is 31.6 Å². The van der Waals surface area contributed by atoms with Gasteiger partial charge in [0.2, 0.25) is 0 Å². The van der Waals surface area contributed by atoms with Crippen molar-refractivity contribution in [1.82, 2.24) is 0 Å². The summed E-state index contributed by atoms with van der Waals surface area (Å²) in [4.78, 5) is 0. The second-order valence-corrected chi connectivity index (χ2v) is 5.78. The van der Waals surface area contributed by atoms with Crippen LogP contribution in [0.15, 0.2) is 12.2 Å². The molecule has 0 fully saturated rings. The van der Waals surface area contributed by atoms with Gasteiger partial charge >= 0.3 is 0 Å². The van der Waals surface area contributed by atoms with Crippen LogP contribution in [0, 0.1) is 11.8 Å². The molecule has 2 unspecified atom stereocenters. The Balaban J connectivity index is 3.68. The summed E-state index contributed by atoms with van der Waals surface area (Å²) >= 11 is 0. The lowest BCUT2D eigenvalue weighted by molar-refractivity contribution is 0.107. The molecule has 0 saturated carbocycles. The first kappa shape index (κ1) is 15.7. The highest BCUT2D eigenvalue weighted by atomic mass is 16.3. The van der Waals surface area contributed by atoms with Crippen LogP contribution in [0.2, 0.25) is 0 Å². The molecule has 2 atom stereocenters. The maximum Gasteiger partial charge on any atom is 0.0797 e. The minimum atomic E-state index is -0.613. The normalized spacial score (nSPS) is 17.9. The topological polar surface area (TPSA) is 20.2 Å². The van der Waals surface area contributed by atoms with E-state index in [0.717, 1.165) is 24.7 Å². The summed E-state index contributed by atoms with van der Waals surface area (Å²) in [7, 11) is 0. The molecule has 0 amide bonds. The molecule has 1 nitrogen and oxygen atoms in total. The number of allylic oxidation sites excluding steroid dienone is 1. The van der Waals surface area contributed by atoms with Crippen LogP contribution in [0.5, 0.6) is 0 Å². The summed E-state index contributed by atoms with van der Waals surface area (Å²) < 4.78 is 0. The van der Waals surface area contributed by atoms with Crippen molar-refractivity contribution < 1.29 is 5.11 Å². The van der Waals surface area contributed by atoms with E-state index >= 15 is 0 Å². The Kier molecular flexibility index (Phi) is 7.74. The lowest BCUT2D eigenvalue weighted by Crippen LogP contribution is -2.18. The lowest BCUT2D eigenvalue weighted by atomic mass is 9.95. The Labute approximate surface area is 102 Å². The van der Waals surface area contributed by atoms with Crippen molar-refractivity contribution in [2.24, 2.45) is 11.8 Å². The van der Waals surface area contributed by atoms with Crippen LogP contribution in [0.4, 0.5) is 0 Å². The molecule has 1 N–H and O–H groups in total. The first-order valence-electron chi connectivity index (χ1n) is 6.77. The van der Waals surface area contributed by atoms with E-state index in [1.54, 1.807) is 0 Å². The molecule has 0 aliphatic carbocycles. The first-order valence-corrected chi connectivity index (χ1v) is 6.77. The molecule has 0 saturated heterocycles. The molecule has 0 aliphatic rings. The van der Waals surface area contributed by atoms with E-state index in [4.69, 9.17) is 0 Å². The van der Waals surface area contributed by atoms with Gasteiger partial charge in [-0.2, -0.15) is 0 Å². The van der Waals surface area contributed by atoms with Crippen molar-refractivity contribution in [2.75, 3.05) is 0 Å². The fourth-order valence-corrected chi connectivity index (χ4v) is 1.66. The molecule has 16 heavy (non-hydrogen) atoms. The van der Waals surface area contributed by atoms with Gasteiger partial charge in [-0.25, -0.2) is 0 Å². The Bertz CT molecular complexity index is 192. The summed E-state index contributed by atoms with van der Waals surface area (Å²) in [5.41, 5.74) is -0.613. The van der Waals surface area contributed by atoms with Crippen molar-refractivity contribution >= 4 is 0 Å². The van der Waals surface area contributed by atoms with Gasteiger partial charge in [-0.1, -0.05) is 59.1 Å². The van der Waals surface area contributed by atoms with Crippen LogP contribution in [0.3, 0.4) is 0 Å². The monoisotopic (exact) mass is 226 g/mol. The Morgan fingerprint density at radius 1 is 1.19 bits per heavy atom. The molecule has 0 heterocycles. The molecule has 0 rings (SSSR count). The number of rotatable bonds is 8. The SMILES string of the molecule is CCC(C)(O)/C=C/CC(C)CCCC(C)C. The van der Waals surface area contributed by atoms with Crippen molar-refractivity contribution in [3.63, 3.8) is 0 Å². The summed E-state index contributed by atoms with van der Waals surface area (Å²) in [5, 5.41) is 9.80. The van der Waals surface area contributed by atoms with E-state index in [2.05, 4.69) is 26.8 Å². The smallest absolute Gasteiger partial charge is 0.0797 e. The maximum absolute atomic E-state index is 9.80. The second kappa shape index (κ2) is 7.89. The molecule has 0 aromatic heterocycles. The highest BCUT2D eigenvalue weighted by molar-refractivity contribution is 4.97. The average molecular weight is 226 g/mol. The van der Waals surface area contributed by atoms with Gasteiger partial charge in [0.25, 0.3) is 0 Å². The van der Waals surface area contributed by atoms with E-state index in [9.17, 15) is 5.11 Å². The van der Waals surface area contributed by atoms with E-state index in [1.165, 1.54) is 19.3 Å². The van der Waals surface area contributed by atoms with Crippen molar-refractivity contribution in [1.29, 1.82) is 0 Å². The molecule has 1 heteroatoms. The zero-order valence-corrected chi connectivity index (χ0v) is 11.8. The van der Waals surface area contributed by atoms with E-state index in [1.807, 2.05) is 19.9 Å². The first-order chi connectivity index (χ1) is 7.37. The zero-order chi connectivity index (χ0) is 12.6. The number of hydrogen-bond donors (Lipinski definition) is 1. The average Bonchev–Trinajstić information content (AvgIpc) is 2.17. The largest absolute Gasteiger partial charge is 0.386 e. The van der Waals surface area contributed by atoms with Crippen LogP contribution in [0.25, 0.3) is 0 Å².